The molecule has 0 radical (unpaired) electrons. The van der Waals surface area contributed by atoms with E-state index in [2.05, 4.69) is 0 Å². The minimum Gasteiger partial charge on any atom is -0.443 e. The average molecular weight is 307 g/mol. The zero-order valence-electron chi connectivity index (χ0n) is 13.0. The molecule has 1 aliphatic heterocycles. The van der Waals surface area contributed by atoms with E-state index < -0.39 is 29.9 Å². The lowest BCUT2D eigenvalue weighted by atomic mass is 10.0. The van der Waals surface area contributed by atoms with Crippen LogP contribution in [0, 0.1) is 0 Å². The van der Waals surface area contributed by atoms with Gasteiger partial charge in [0.05, 0.1) is 12.6 Å². The minimum atomic E-state index is -0.783. The maximum Gasteiger partial charge on any atom is 0.420 e. The van der Waals surface area contributed by atoms with Gasteiger partial charge in [-0.1, -0.05) is 30.3 Å². The molecule has 2 amide bonds. The third-order valence-electron chi connectivity index (χ3n) is 3.27. The van der Waals surface area contributed by atoms with Gasteiger partial charge in [0.15, 0.2) is 0 Å². The van der Waals surface area contributed by atoms with Crippen LogP contribution in [0.3, 0.4) is 0 Å². The molecule has 1 aromatic rings. The predicted octanol–water partition coefficient (Wildman–Crippen LogP) is 2.35. The van der Waals surface area contributed by atoms with Crippen LogP contribution >= 0.6 is 0 Å². The molecule has 1 N–H and O–H groups in total. The van der Waals surface area contributed by atoms with E-state index in [1.165, 1.54) is 0 Å². The third-order valence-corrected chi connectivity index (χ3v) is 3.27. The fourth-order valence-electron chi connectivity index (χ4n) is 2.32. The zero-order valence-corrected chi connectivity index (χ0v) is 13.0. The number of amides is 2. The smallest absolute Gasteiger partial charge is 0.420 e. The molecule has 0 bridgehead atoms. The summed E-state index contributed by atoms with van der Waals surface area (Å²) in [4.78, 5) is 25.2. The highest BCUT2D eigenvalue weighted by atomic mass is 16.6. The molecule has 2 atom stereocenters. The average Bonchev–Trinajstić information content (AvgIpc) is 2.74. The van der Waals surface area contributed by atoms with Gasteiger partial charge in [-0.2, -0.15) is 0 Å². The lowest BCUT2D eigenvalue weighted by Gasteiger charge is -2.26. The fourth-order valence-corrected chi connectivity index (χ4v) is 2.32. The number of aliphatic hydroxyl groups is 1. The van der Waals surface area contributed by atoms with Crippen LogP contribution in [0.2, 0.25) is 0 Å². The van der Waals surface area contributed by atoms with Crippen LogP contribution in [-0.4, -0.2) is 46.5 Å². The molecule has 2 rings (SSSR count). The summed E-state index contributed by atoms with van der Waals surface area (Å²) in [5.74, 6) is 0. The van der Waals surface area contributed by atoms with Gasteiger partial charge in [-0.25, -0.2) is 14.5 Å². The molecule has 1 aromatic carbocycles. The van der Waals surface area contributed by atoms with Crippen molar-refractivity contribution in [1.82, 2.24) is 4.90 Å². The molecular weight excluding hydrogens is 286 g/mol. The van der Waals surface area contributed by atoms with Crippen molar-refractivity contribution >= 4 is 12.2 Å². The molecule has 1 saturated heterocycles. The first-order valence-electron chi connectivity index (χ1n) is 7.19. The van der Waals surface area contributed by atoms with Gasteiger partial charge in [0, 0.05) is 0 Å². The number of hydrogen-bond acceptors (Lipinski definition) is 5. The number of cyclic esters (lactones) is 1. The maximum absolute atomic E-state index is 12.3. The van der Waals surface area contributed by atoms with Crippen LogP contribution in [0.5, 0.6) is 0 Å². The normalized spacial score (nSPS) is 21.6. The highest BCUT2D eigenvalue weighted by molar-refractivity contribution is 5.90. The van der Waals surface area contributed by atoms with Crippen LogP contribution in [0.1, 0.15) is 26.3 Å². The van der Waals surface area contributed by atoms with Crippen molar-refractivity contribution in [3.05, 3.63) is 35.9 Å². The lowest BCUT2D eigenvalue weighted by molar-refractivity contribution is 0.0280. The number of hydrogen-bond donors (Lipinski definition) is 1. The van der Waals surface area contributed by atoms with E-state index in [9.17, 15) is 14.7 Å². The third kappa shape index (κ3) is 3.76. The molecule has 6 nitrogen and oxygen atoms in total. The monoisotopic (exact) mass is 307 g/mol. The second-order valence-electron chi connectivity index (χ2n) is 6.21. The second kappa shape index (κ2) is 6.36. The SMILES string of the molecule is CC(C)(C)OC(=O)N1C(=O)O[C@H](CO)[C@@H]1Cc1ccccc1. The van der Waals surface area contributed by atoms with Gasteiger partial charge in [0.2, 0.25) is 0 Å². The summed E-state index contributed by atoms with van der Waals surface area (Å²) in [6.45, 7) is 4.83. The Morgan fingerprint density at radius 2 is 1.95 bits per heavy atom. The van der Waals surface area contributed by atoms with Crippen molar-refractivity contribution in [1.29, 1.82) is 0 Å². The van der Waals surface area contributed by atoms with Crippen molar-refractivity contribution in [2.45, 2.75) is 44.9 Å². The van der Waals surface area contributed by atoms with E-state index in [1.54, 1.807) is 20.8 Å². The van der Waals surface area contributed by atoms with Crippen LogP contribution in [0.4, 0.5) is 9.59 Å². The van der Waals surface area contributed by atoms with Crippen LogP contribution in [-0.2, 0) is 15.9 Å². The van der Waals surface area contributed by atoms with Gasteiger partial charge in [-0.3, -0.25) is 0 Å². The Balaban J connectivity index is 2.21. The number of aliphatic hydroxyl groups excluding tert-OH is 1. The number of carbonyl (C=O) groups excluding carboxylic acids is 2. The molecule has 0 unspecified atom stereocenters. The minimum absolute atomic E-state index is 0.345. The van der Waals surface area contributed by atoms with E-state index in [0.717, 1.165) is 10.5 Å². The molecule has 0 aliphatic carbocycles. The first-order chi connectivity index (χ1) is 10.3. The maximum atomic E-state index is 12.3. The van der Waals surface area contributed by atoms with E-state index >= 15 is 0 Å². The quantitative estimate of drug-likeness (QED) is 0.927. The fraction of sp³-hybridized carbons (Fsp3) is 0.500. The Hall–Kier alpha value is -2.08. The molecule has 0 saturated carbocycles. The van der Waals surface area contributed by atoms with Crippen molar-refractivity contribution in [2.24, 2.45) is 0 Å². The zero-order chi connectivity index (χ0) is 16.3. The van der Waals surface area contributed by atoms with Gasteiger partial charge >= 0.3 is 12.2 Å². The van der Waals surface area contributed by atoms with Crippen LogP contribution < -0.4 is 0 Å². The summed E-state index contributed by atoms with van der Waals surface area (Å²) in [5.41, 5.74) is 0.226. The van der Waals surface area contributed by atoms with Crippen molar-refractivity contribution in [3.63, 3.8) is 0 Å². The van der Waals surface area contributed by atoms with E-state index in [1.807, 2.05) is 30.3 Å². The Bertz CT molecular complexity index is 537. The summed E-state index contributed by atoms with van der Waals surface area (Å²) in [5, 5.41) is 9.41. The largest absolute Gasteiger partial charge is 0.443 e. The second-order valence-corrected chi connectivity index (χ2v) is 6.21. The topological polar surface area (TPSA) is 76.1 Å². The lowest BCUT2D eigenvalue weighted by Crippen LogP contribution is -2.45. The highest BCUT2D eigenvalue weighted by Gasteiger charge is 2.46. The number of benzene rings is 1. The molecule has 0 spiro atoms. The van der Waals surface area contributed by atoms with Crippen molar-refractivity contribution in [3.8, 4) is 0 Å². The number of carbonyl (C=O) groups is 2. The molecule has 22 heavy (non-hydrogen) atoms. The van der Waals surface area contributed by atoms with E-state index in [-0.39, 0.29) is 6.61 Å². The van der Waals surface area contributed by atoms with Crippen molar-refractivity contribution in [2.75, 3.05) is 6.61 Å². The molecular formula is C16H21NO5. The van der Waals surface area contributed by atoms with Crippen LogP contribution in [0.25, 0.3) is 0 Å². The molecule has 1 heterocycles. The van der Waals surface area contributed by atoms with Gasteiger partial charge in [0.25, 0.3) is 0 Å². The first-order valence-corrected chi connectivity index (χ1v) is 7.19. The number of ether oxygens (including phenoxy) is 2. The molecule has 0 aromatic heterocycles. The molecule has 6 heteroatoms. The molecule has 1 fully saturated rings. The van der Waals surface area contributed by atoms with E-state index in [4.69, 9.17) is 9.47 Å². The van der Waals surface area contributed by atoms with Gasteiger partial charge in [0.1, 0.15) is 11.7 Å². The Labute approximate surface area is 129 Å². The number of imide groups is 1. The highest BCUT2D eigenvalue weighted by Crippen LogP contribution is 2.25. The summed E-state index contributed by atoms with van der Waals surface area (Å²) >= 11 is 0. The summed E-state index contributed by atoms with van der Waals surface area (Å²) in [7, 11) is 0. The molecule has 1 aliphatic rings. The Morgan fingerprint density at radius 1 is 1.32 bits per heavy atom. The van der Waals surface area contributed by atoms with Gasteiger partial charge in [-0.15, -0.1) is 0 Å². The summed E-state index contributed by atoms with van der Waals surface area (Å²) in [6.07, 6.45) is -1.89. The van der Waals surface area contributed by atoms with Gasteiger partial charge < -0.3 is 14.6 Å². The standard InChI is InChI=1S/C16H21NO5/c1-16(2,3)22-15(20)17-12(13(10-18)21-14(17)19)9-11-7-5-4-6-8-11/h4-8,12-13,18H,9-10H2,1-3H3/t12-,13+/m0/s1. The van der Waals surface area contributed by atoms with Crippen molar-refractivity contribution < 1.29 is 24.2 Å². The molecule has 120 valence electrons. The summed E-state index contributed by atoms with van der Waals surface area (Å²) < 4.78 is 10.3. The van der Waals surface area contributed by atoms with Crippen LogP contribution in [0.15, 0.2) is 30.3 Å². The number of rotatable bonds is 3. The predicted molar refractivity (Wildman–Crippen MR) is 79.4 cm³/mol. The Kier molecular flexibility index (Phi) is 4.71. The van der Waals surface area contributed by atoms with Gasteiger partial charge in [-0.05, 0) is 32.8 Å². The summed E-state index contributed by atoms with van der Waals surface area (Å²) in [6, 6.07) is 8.83. The first kappa shape index (κ1) is 16.3. The van der Waals surface area contributed by atoms with E-state index in [0.29, 0.717) is 6.42 Å². The number of nitrogens with zero attached hydrogens (tertiary/aromatic N) is 1. The Morgan fingerprint density at radius 3 is 2.50 bits per heavy atom.